The predicted octanol–water partition coefficient (Wildman–Crippen LogP) is 1.42. The Bertz CT molecular complexity index is 948. The minimum absolute atomic E-state index is 0.0191. The van der Waals surface area contributed by atoms with Crippen LogP contribution in [0.1, 0.15) is 16.4 Å². The Labute approximate surface area is 129 Å². The fourth-order valence-corrected chi connectivity index (χ4v) is 3.83. The van der Waals surface area contributed by atoms with Crippen molar-refractivity contribution >= 4 is 26.3 Å². The Balaban J connectivity index is 1.80. The second-order valence-corrected chi connectivity index (χ2v) is 7.48. The van der Waals surface area contributed by atoms with E-state index in [0.717, 1.165) is 6.07 Å². The first-order valence-electron chi connectivity index (χ1n) is 6.30. The molecule has 0 aliphatic heterocycles. The molecular weight excluding hydrogens is 329 g/mol. The van der Waals surface area contributed by atoms with E-state index in [2.05, 4.69) is 20.0 Å². The van der Waals surface area contributed by atoms with Crippen LogP contribution in [0.25, 0.3) is 4.96 Å². The van der Waals surface area contributed by atoms with Crippen LogP contribution in [0, 0.1) is 19.7 Å². The fourth-order valence-electron chi connectivity index (χ4n) is 1.85. The van der Waals surface area contributed by atoms with Crippen LogP contribution in [0.5, 0.6) is 0 Å². The van der Waals surface area contributed by atoms with Crippen LogP contribution >= 0.6 is 11.3 Å². The summed E-state index contributed by atoms with van der Waals surface area (Å²) in [7, 11) is -3.72. The summed E-state index contributed by atoms with van der Waals surface area (Å²) < 4.78 is 41.6. The van der Waals surface area contributed by atoms with E-state index in [4.69, 9.17) is 0 Å². The van der Waals surface area contributed by atoms with Gasteiger partial charge in [0.2, 0.25) is 15.0 Å². The van der Waals surface area contributed by atoms with Crippen molar-refractivity contribution in [3.8, 4) is 0 Å². The Morgan fingerprint density at radius 2 is 2.09 bits per heavy atom. The minimum Gasteiger partial charge on any atom is -0.207 e. The summed E-state index contributed by atoms with van der Waals surface area (Å²) in [6, 6.07) is 3.66. The van der Waals surface area contributed by atoms with Crippen molar-refractivity contribution in [3.63, 3.8) is 0 Å². The number of benzene rings is 1. The summed E-state index contributed by atoms with van der Waals surface area (Å²) in [5.74, 6) is 0.192. The zero-order valence-corrected chi connectivity index (χ0v) is 13.4. The molecule has 1 N–H and O–H groups in total. The standard InChI is InChI=1S/C12H12FN5O2S2/c1-7-5-9(3-4-10(7)13)22(19,20)14-6-11-17-18-8(2)15-16-12(18)21-11/h3-5,14H,6H2,1-2H3. The Morgan fingerprint density at radius 1 is 1.32 bits per heavy atom. The molecule has 3 aromatic rings. The largest absolute Gasteiger partial charge is 0.240 e. The van der Waals surface area contributed by atoms with E-state index in [9.17, 15) is 12.8 Å². The maximum absolute atomic E-state index is 13.2. The summed E-state index contributed by atoms with van der Waals surface area (Å²) >= 11 is 1.25. The van der Waals surface area contributed by atoms with Gasteiger partial charge < -0.3 is 0 Å². The fraction of sp³-hybridized carbons (Fsp3) is 0.250. The Kier molecular flexibility index (Phi) is 3.67. The molecule has 0 radical (unpaired) electrons. The van der Waals surface area contributed by atoms with Crippen LogP contribution in [-0.2, 0) is 16.6 Å². The molecule has 22 heavy (non-hydrogen) atoms. The number of sulfonamides is 1. The second-order valence-electron chi connectivity index (χ2n) is 4.67. The van der Waals surface area contributed by atoms with Gasteiger partial charge in [-0.05, 0) is 37.6 Å². The molecule has 0 atom stereocenters. The average molecular weight is 341 g/mol. The SMILES string of the molecule is Cc1cc(S(=O)(=O)NCc2nn3c(C)nnc3s2)ccc1F. The molecule has 10 heteroatoms. The third-order valence-corrected chi connectivity index (χ3v) is 5.34. The van der Waals surface area contributed by atoms with E-state index >= 15 is 0 Å². The van der Waals surface area contributed by atoms with Gasteiger partial charge in [-0.15, -0.1) is 10.2 Å². The van der Waals surface area contributed by atoms with Gasteiger partial charge in [0.15, 0.2) is 5.82 Å². The number of hydrogen-bond donors (Lipinski definition) is 1. The lowest BCUT2D eigenvalue weighted by Crippen LogP contribution is -2.23. The number of halogens is 1. The molecule has 0 fully saturated rings. The molecule has 0 saturated carbocycles. The third kappa shape index (κ3) is 2.72. The number of nitrogens with zero attached hydrogens (tertiary/aromatic N) is 4. The van der Waals surface area contributed by atoms with E-state index in [1.165, 1.54) is 30.4 Å². The van der Waals surface area contributed by atoms with Crippen molar-refractivity contribution in [1.29, 1.82) is 0 Å². The van der Waals surface area contributed by atoms with Crippen LogP contribution in [-0.4, -0.2) is 28.2 Å². The van der Waals surface area contributed by atoms with Gasteiger partial charge in [0.05, 0.1) is 11.4 Å². The number of rotatable bonds is 4. The number of aromatic nitrogens is 4. The molecule has 0 spiro atoms. The smallest absolute Gasteiger partial charge is 0.207 e. The van der Waals surface area contributed by atoms with Crippen molar-refractivity contribution < 1.29 is 12.8 Å². The molecule has 0 amide bonds. The molecule has 0 aliphatic rings. The van der Waals surface area contributed by atoms with Gasteiger partial charge >= 0.3 is 0 Å². The van der Waals surface area contributed by atoms with Crippen LogP contribution in [0.15, 0.2) is 23.1 Å². The van der Waals surface area contributed by atoms with Gasteiger partial charge in [0.1, 0.15) is 10.8 Å². The van der Waals surface area contributed by atoms with Crippen LogP contribution in [0.3, 0.4) is 0 Å². The minimum atomic E-state index is -3.72. The van der Waals surface area contributed by atoms with Crippen LogP contribution in [0.2, 0.25) is 0 Å². The lowest BCUT2D eigenvalue weighted by Gasteiger charge is -2.06. The molecule has 0 aliphatic carbocycles. The van der Waals surface area contributed by atoms with Gasteiger partial charge in [0.25, 0.3) is 0 Å². The van der Waals surface area contributed by atoms with Gasteiger partial charge in [-0.25, -0.2) is 17.5 Å². The van der Waals surface area contributed by atoms with E-state index in [-0.39, 0.29) is 17.0 Å². The predicted molar refractivity (Wildman–Crippen MR) is 78.6 cm³/mol. The summed E-state index contributed by atoms with van der Waals surface area (Å²) in [5.41, 5.74) is 0.275. The van der Waals surface area contributed by atoms with E-state index in [1.54, 1.807) is 11.4 Å². The normalized spacial score (nSPS) is 12.1. The molecule has 116 valence electrons. The topological polar surface area (TPSA) is 89.2 Å². The molecule has 3 rings (SSSR count). The molecule has 2 heterocycles. The molecular formula is C12H12FN5O2S2. The summed E-state index contributed by atoms with van der Waals surface area (Å²) in [4.78, 5) is 0.620. The lowest BCUT2D eigenvalue weighted by molar-refractivity contribution is 0.579. The number of aryl methyl sites for hydroxylation is 2. The Hall–Kier alpha value is -1.91. The molecule has 0 saturated heterocycles. The third-order valence-electron chi connectivity index (χ3n) is 3.04. The monoisotopic (exact) mass is 341 g/mol. The van der Waals surface area contributed by atoms with Gasteiger partial charge in [-0.2, -0.15) is 9.61 Å². The molecule has 1 aromatic carbocycles. The highest BCUT2D eigenvalue weighted by Crippen LogP contribution is 2.16. The summed E-state index contributed by atoms with van der Waals surface area (Å²) in [6.07, 6.45) is 0. The molecule has 2 aromatic heterocycles. The summed E-state index contributed by atoms with van der Waals surface area (Å²) in [5, 5.41) is 12.6. The van der Waals surface area contributed by atoms with Gasteiger partial charge in [0, 0.05) is 0 Å². The van der Waals surface area contributed by atoms with Crippen molar-refractivity contribution in [1.82, 2.24) is 24.5 Å². The lowest BCUT2D eigenvalue weighted by atomic mass is 10.2. The number of fused-ring (bicyclic) bond motifs is 1. The van der Waals surface area contributed by atoms with E-state index < -0.39 is 15.8 Å². The van der Waals surface area contributed by atoms with E-state index in [1.807, 2.05) is 0 Å². The summed E-state index contributed by atoms with van der Waals surface area (Å²) in [6.45, 7) is 3.31. The maximum Gasteiger partial charge on any atom is 0.240 e. The molecule has 7 nitrogen and oxygen atoms in total. The Morgan fingerprint density at radius 3 is 2.77 bits per heavy atom. The highest BCUT2D eigenvalue weighted by molar-refractivity contribution is 7.89. The van der Waals surface area contributed by atoms with Crippen LogP contribution in [0.4, 0.5) is 4.39 Å². The first kappa shape index (κ1) is 15.0. The average Bonchev–Trinajstić information content (AvgIpc) is 3.02. The van der Waals surface area contributed by atoms with Crippen molar-refractivity contribution in [2.75, 3.05) is 0 Å². The second kappa shape index (κ2) is 5.38. The highest BCUT2D eigenvalue weighted by atomic mass is 32.2. The first-order valence-corrected chi connectivity index (χ1v) is 8.60. The maximum atomic E-state index is 13.2. The molecule has 0 bridgehead atoms. The van der Waals surface area contributed by atoms with Gasteiger partial charge in [-0.1, -0.05) is 11.3 Å². The number of hydrogen-bond acceptors (Lipinski definition) is 6. The van der Waals surface area contributed by atoms with Gasteiger partial charge in [-0.3, -0.25) is 0 Å². The van der Waals surface area contributed by atoms with Crippen molar-refractivity contribution in [2.45, 2.75) is 25.3 Å². The highest BCUT2D eigenvalue weighted by Gasteiger charge is 2.17. The van der Waals surface area contributed by atoms with Crippen molar-refractivity contribution in [2.24, 2.45) is 0 Å². The zero-order valence-electron chi connectivity index (χ0n) is 11.7. The first-order chi connectivity index (χ1) is 10.4. The van der Waals surface area contributed by atoms with Crippen LogP contribution < -0.4 is 4.72 Å². The molecule has 0 unspecified atom stereocenters. The van der Waals surface area contributed by atoms with E-state index in [0.29, 0.717) is 15.8 Å². The van der Waals surface area contributed by atoms with Crippen molar-refractivity contribution in [3.05, 3.63) is 40.4 Å². The zero-order chi connectivity index (χ0) is 15.9. The quantitative estimate of drug-likeness (QED) is 0.775. The number of nitrogens with one attached hydrogen (secondary N) is 1.